The molecule has 0 aliphatic carbocycles. The lowest BCUT2D eigenvalue weighted by molar-refractivity contribution is 0.0420. The van der Waals surface area contributed by atoms with Gasteiger partial charge in [-0.25, -0.2) is 0 Å². The van der Waals surface area contributed by atoms with Crippen molar-refractivity contribution in [1.29, 1.82) is 0 Å². The van der Waals surface area contributed by atoms with E-state index in [4.69, 9.17) is 13.9 Å². The number of ether oxygens (including phenoxy) is 2. The molecule has 1 saturated heterocycles. The number of nitrogens with one attached hydrogen (secondary N) is 2. The Bertz CT molecular complexity index is 758. The summed E-state index contributed by atoms with van der Waals surface area (Å²) in [4.78, 5) is 6.58. The minimum absolute atomic E-state index is 0.268. The van der Waals surface area contributed by atoms with Gasteiger partial charge in [0.2, 0.25) is 0 Å². The number of furan rings is 1. The molecule has 7 nitrogen and oxygen atoms in total. The lowest BCUT2D eigenvalue weighted by atomic mass is 10.1. The van der Waals surface area contributed by atoms with Gasteiger partial charge in [-0.05, 0) is 43.1 Å². The minimum atomic E-state index is 0.268. The summed E-state index contributed by atoms with van der Waals surface area (Å²) in [5, 5.41) is 6.78. The highest BCUT2D eigenvalue weighted by Crippen LogP contribution is 2.13. The maximum absolute atomic E-state index is 5.80. The van der Waals surface area contributed by atoms with E-state index in [1.54, 1.807) is 13.3 Å². The molecule has 1 aromatic heterocycles. The summed E-state index contributed by atoms with van der Waals surface area (Å²) < 4.78 is 16.6. The molecular formula is C23H34N4O3. The molecule has 0 spiro atoms. The van der Waals surface area contributed by atoms with Gasteiger partial charge in [-0.3, -0.25) is 9.89 Å². The fraction of sp³-hybridized carbons (Fsp3) is 0.522. The first-order valence-corrected chi connectivity index (χ1v) is 10.7. The Labute approximate surface area is 179 Å². The molecule has 1 aliphatic heterocycles. The standard InChI is InChI=1S/C23H34N4O3/c1-24-23(25-11-6-13-30-22-10-14-28-18-22)26-15-19-7-3-4-8-20(19)16-27(2)17-21-9-5-12-29-21/h3-5,7-9,12,22H,6,10-11,13-18H2,1-2H3,(H2,24,25,26). The third-order valence-electron chi connectivity index (χ3n) is 5.09. The summed E-state index contributed by atoms with van der Waals surface area (Å²) >= 11 is 0. The molecule has 2 aromatic rings. The van der Waals surface area contributed by atoms with E-state index in [-0.39, 0.29) is 6.10 Å². The van der Waals surface area contributed by atoms with Crippen LogP contribution in [0.5, 0.6) is 0 Å². The van der Waals surface area contributed by atoms with Crippen LogP contribution in [0.1, 0.15) is 29.7 Å². The quantitative estimate of drug-likeness (QED) is 0.335. The molecule has 1 unspecified atom stereocenters. The Kier molecular flexibility index (Phi) is 9.21. The lowest BCUT2D eigenvalue weighted by Crippen LogP contribution is -2.38. The van der Waals surface area contributed by atoms with E-state index in [0.29, 0.717) is 0 Å². The Hall–Kier alpha value is -2.35. The summed E-state index contributed by atoms with van der Waals surface area (Å²) in [5.41, 5.74) is 2.55. The van der Waals surface area contributed by atoms with E-state index in [1.165, 1.54) is 11.1 Å². The van der Waals surface area contributed by atoms with Crippen LogP contribution in [0.25, 0.3) is 0 Å². The molecule has 2 N–H and O–H groups in total. The number of rotatable bonds is 11. The van der Waals surface area contributed by atoms with Crippen LogP contribution in [0.2, 0.25) is 0 Å². The highest BCUT2D eigenvalue weighted by molar-refractivity contribution is 5.79. The monoisotopic (exact) mass is 414 g/mol. The topological polar surface area (TPSA) is 71.3 Å². The predicted molar refractivity (Wildman–Crippen MR) is 118 cm³/mol. The molecule has 1 aromatic carbocycles. The first kappa shape index (κ1) is 22.3. The summed E-state index contributed by atoms with van der Waals surface area (Å²) in [6.45, 7) is 5.47. The van der Waals surface area contributed by atoms with Crippen molar-refractivity contribution in [2.24, 2.45) is 4.99 Å². The van der Waals surface area contributed by atoms with Crippen LogP contribution in [-0.4, -0.2) is 57.4 Å². The first-order chi connectivity index (χ1) is 14.7. The molecular weight excluding hydrogens is 380 g/mol. The van der Waals surface area contributed by atoms with Crippen molar-refractivity contribution in [2.45, 2.75) is 38.6 Å². The van der Waals surface area contributed by atoms with E-state index >= 15 is 0 Å². The summed E-state index contributed by atoms with van der Waals surface area (Å²) in [7, 11) is 3.90. The van der Waals surface area contributed by atoms with E-state index < -0.39 is 0 Å². The van der Waals surface area contributed by atoms with Gasteiger partial charge in [0.25, 0.3) is 0 Å². The highest BCUT2D eigenvalue weighted by Gasteiger charge is 2.15. The van der Waals surface area contributed by atoms with Crippen LogP contribution in [0, 0.1) is 0 Å². The number of nitrogens with zero attached hydrogens (tertiary/aromatic N) is 2. The van der Waals surface area contributed by atoms with Crippen molar-refractivity contribution in [2.75, 3.05) is 40.5 Å². The fourth-order valence-electron chi connectivity index (χ4n) is 3.47. The van der Waals surface area contributed by atoms with Gasteiger partial charge in [0.05, 0.1) is 25.5 Å². The van der Waals surface area contributed by atoms with Gasteiger partial charge in [0, 0.05) is 39.9 Å². The number of aliphatic imine (C=N–C) groups is 1. The van der Waals surface area contributed by atoms with Gasteiger partial charge in [0.1, 0.15) is 5.76 Å². The van der Waals surface area contributed by atoms with E-state index in [0.717, 1.165) is 70.6 Å². The minimum Gasteiger partial charge on any atom is -0.468 e. The third-order valence-corrected chi connectivity index (χ3v) is 5.09. The van der Waals surface area contributed by atoms with Crippen molar-refractivity contribution in [1.82, 2.24) is 15.5 Å². The van der Waals surface area contributed by atoms with Crippen molar-refractivity contribution in [3.8, 4) is 0 Å². The molecule has 0 saturated carbocycles. The maximum Gasteiger partial charge on any atom is 0.191 e. The van der Waals surface area contributed by atoms with Crippen molar-refractivity contribution >= 4 is 5.96 Å². The molecule has 0 radical (unpaired) electrons. The molecule has 1 atom stereocenters. The van der Waals surface area contributed by atoms with Crippen LogP contribution >= 0.6 is 0 Å². The van der Waals surface area contributed by atoms with Gasteiger partial charge in [0.15, 0.2) is 5.96 Å². The Morgan fingerprint density at radius 2 is 2.03 bits per heavy atom. The molecule has 30 heavy (non-hydrogen) atoms. The molecule has 3 rings (SSSR count). The van der Waals surface area contributed by atoms with Crippen LogP contribution in [0.15, 0.2) is 52.1 Å². The van der Waals surface area contributed by atoms with Crippen molar-refractivity contribution in [3.05, 3.63) is 59.5 Å². The van der Waals surface area contributed by atoms with E-state index in [9.17, 15) is 0 Å². The second-order valence-corrected chi connectivity index (χ2v) is 7.58. The van der Waals surface area contributed by atoms with Crippen LogP contribution in [-0.2, 0) is 29.1 Å². The molecule has 0 bridgehead atoms. The number of hydrogen-bond acceptors (Lipinski definition) is 5. The molecule has 1 aliphatic rings. The lowest BCUT2D eigenvalue weighted by Gasteiger charge is -2.19. The largest absolute Gasteiger partial charge is 0.468 e. The van der Waals surface area contributed by atoms with Gasteiger partial charge in [-0.2, -0.15) is 0 Å². The predicted octanol–water partition coefficient (Wildman–Crippen LogP) is 2.77. The van der Waals surface area contributed by atoms with Gasteiger partial charge >= 0.3 is 0 Å². The number of hydrogen-bond donors (Lipinski definition) is 2. The van der Waals surface area contributed by atoms with Crippen molar-refractivity contribution in [3.63, 3.8) is 0 Å². The van der Waals surface area contributed by atoms with Crippen LogP contribution < -0.4 is 10.6 Å². The van der Waals surface area contributed by atoms with Gasteiger partial charge in [-0.15, -0.1) is 0 Å². The van der Waals surface area contributed by atoms with Crippen LogP contribution in [0.4, 0.5) is 0 Å². The molecule has 164 valence electrons. The maximum atomic E-state index is 5.80. The number of benzene rings is 1. The molecule has 1 fully saturated rings. The molecule has 7 heteroatoms. The molecule has 2 heterocycles. The van der Waals surface area contributed by atoms with Crippen LogP contribution in [0.3, 0.4) is 0 Å². The highest BCUT2D eigenvalue weighted by atomic mass is 16.5. The average molecular weight is 415 g/mol. The second kappa shape index (κ2) is 12.4. The summed E-state index contributed by atoms with van der Waals surface area (Å²) in [5.74, 6) is 1.78. The third kappa shape index (κ3) is 7.48. The smallest absolute Gasteiger partial charge is 0.191 e. The Balaban J connectivity index is 1.40. The zero-order valence-electron chi connectivity index (χ0n) is 18.1. The zero-order chi connectivity index (χ0) is 21.0. The fourth-order valence-corrected chi connectivity index (χ4v) is 3.47. The first-order valence-electron chi connectivity index (χ1n) is 10.7. The van der Waals surface area contributed by atoms with Gasteiger partial charge < -0.3 is 24.5 Å². The zero-order valence-corrected chi connectivity index (χ0v) is 18.1. The summed E-state index contributed by atoms with van der Waals surface area (Å²) in [6.07, 6.45) is 3.93. The Morgan fingerprint density at radius 1 is 1.17 bits per heavy atom. The normalized spacial score (nSPS) is 16.9. The Morgan fingerprint density at radius 3 is 2.77 bits per heavy atom. The van der Waals surface area contributed by atoms with Gasteiger partial charge in [-0.1, -0.05) is 24.3 Å². The SMILES string of the molecule is CN=C(NCCCOC1CCOC1)NCc1ccccc1CN(C)Cc1ccco1. The van der Waals surface area contributed by atoms with E-state index in [1.807, 2.05) is 12.1 Å². The van der Waals surface area contributed by atoms with E-state index in [2.05, 4.69) is 51.8 Å². The molecule has 0 amide bonds. The average Bonchev–Trinajstić information content (AvgIpc) is 3.45. The second-order valence-electron chi connectivity index (χ2n) is 7.58. The van der Waals surface area contributed by atoms with Crippen molar-refractivity contribution < 1.29 is 13.9 Å². The number of guanidine groups is 1. The summed E-state index contributed by atoms with van der Waals surface area (Å²) in [6, 6.07) is 12.4.